The van der Waals surface area contributed by atoms with Crippen LogP contribution in [0.2, 0.25) is 0 Å². The van der Waals surface area contributed by atoms with Crippen LogP contribution < -0.4 is 4.90 Å². The van der Waals surface area contributed by atoms with Gasteiger partial charge in [-0.05, 0) is 59.0 Å². The third kappa shape index (κ3) is 2.78. The Morgan fingerprint density at radius 3 is 2.71 bits per heavy atom. The number of hydrogen-bond acceptors (Lipinski definition) is 2. The number of carbonyl (C=O) groups excluding carboxylic acids is 1. The Morgan fingerprint density at radius 2 is 1.86 bits per heavy atom. The summed E-state index contributed by atoms with van der Waals surface area (Å²) in [5.74, 6) is 0.159. The first-order valence-corrected chi connectivity index (χ1v) is 9.57. The maximum absolute atomic E-state index is 13.1. The van der Waals surface area contributed by atoms with Crippen molar-refractivity contribution < 1.29 is 4.79 Å². The molecule has 2 aromatic heterocycles. The predicted molar refractivity (Wildman–Crippen MR) is 112 cm³/mol. The summed E-state index contributed by atoms with van der Waals surface area (Å²) in [5, 5.41) is 1.16. The first-order chi connectivity index (χ1) is 13.7. The second kappa shape index (κ2) is 6.64. The molecule has 0 N–H and O–H groups in total. The van der Waals surface area contributed by atoms with Crippen molar-refractivity contribution in [2.75, 3.05) is 11.4 Å². The van der Waals surface area contributed by atoms with E-state index in [4.69, 9.17) is 0 Å². The first kappa shape index (κ1) is 16.8. The van der Waals surface area contributed by atoms with E-state index in [9.17, 15) is 4.79 Å². The predicted octanol–water partition coefficient (Wildman–Crippen LogP) is 4.37. The van der Waals surface area contributed by atoms with Crippen LogP contribution in [0.1, 0.15) is 11.1 Å². The molecule has 5 rings (SSSR count). The molecule has 0 saturated carbocycles. The Balaban J connectivity index is 1.42. The van der Waals surface area contributed by atoms with Gasteiger partial charge >= 0.3 is 0 Å². The van der Waals surface area contributed by atoms with Gasteiger partial charge in [0.05, 0.1) is 6.42 Å². The lowest BCUT2D eigenvalue weighted by Gasteiger charge is -2.17. The van der Waals surface area contributed by atoms with Crippen molar-refractivity contribution in [1.29, 1.82) is 0 Å². The van der Waals surface area contributed by atoms with Gasteiger partial charge in [0.1, 0.15) is 0 Å². The van der Waals surface area contributed by atoms with Crippen molar-refractivity contribution in [3.05, 3.63) is 84.3 Å². The highest BCUT2D eigenvalue weighted by Crippen LogP contribution is 2.33. The van der Waals surface area contributed by atoms with Crippen LogP contribution in [0.4, 0.5) is 5.69 Å². The Morgan fingerprint density at radius 1 is 1.04 bits per heavy atom. The molecule has 4 aromatic rings. The molecule has 0 unspecified atom stereocenters. The Hall–Kier alpha value is -3.40. The van der Waals surface area contributed by atoms with Crippen molar-refractivity contribution in [3.63, 3.8) is 0 Å². The minimum Gasteiger partial charge on any atom is -0.350 e. The molecular weight excluding hydrogens is 346 g/mol. The zero-order chi connectivity index (χ0) is 19.1. The second-order valence-electron chi connectivity index (χ2n) is 7.33. The van der Waals surface area contributed by atoms with Gasteiger partial charge < -0.3 is 9.47 Å². The first-order valence-electron chi connectivity index (χ1n) is 9.57. The van der Waals surface area contributed by atoms with Gasteiger partial charge in [-0.1, -0.05) is 24.3 Å². The molecule has 138 valence electrons. The summed E-state index contributed by atoms with van der Waals surface area (Å²) in [7, 11) is 2.03. The fourth-order valence-electron chi connectivity index (χ4n) is 4.21. The topological polar surface area (TPSA) is 38.1 Å². The average molecular weight is 367 g/mol. The van der Waals surface area contributed by atoms with Crippen LogP contribution in [-0.2, 0) is 24.7 Å². The SMILES string of the molecule is Cn1cc(CC(=O)N2CCc3cc(-c4ccncc4)ccc32)c2ccccc21. The highest BCUT2D eigenvalue weighted by Gasteiger charge is 2.25. The van der Waals surface area contributed by atoms with Gasteiger partial charge in [-0.15, -0.1) is 0 Å². The van der Waals surface area contributed by atoms with Crippen molar-refractivity contribution in [2.45, 2.75) is 12.8 Å². The number of pyridine rings is 1. The number of fused-ring (bicyclic) bond motifs is 2. The molecule has 1 aliphatic heterocycles. The van der Waals surface area contributed by atoms with Gasteiger partial charge in [-0.3, -0.25) is 9.78 Å². The molecule has 0 radical (unpaired) electrons. The number of para-hydroxylation sites is 1. The van der Waals surface area contributed by atoms with Gasteiger partial charge in [0.2, 0.25) is 5.91 Å². The molecule has 0 fully saturated rings. The van der Waals surface area contributed by atoms with E-state index in [-0.39, 0.29) is 5.91 Å². The molecule has 4 nitrogen and oxygen atoms in total. The van der Waals surface area contributed by atoms with Crippen LogP contribution in [0.3, 0.4) is 0 Å². The smallest absolute Gasteiger partial charge is 0.231 e. The van der Waals surface area contributed by atoms with E-state index < -0.39 is 0 Å². The fourth-order valence-corrected chi connectivity index (χ4v) is 4.21. The summed E-state index contributed by atoms with van der Waals surface area (Å²) in [6.07, 6.45) is 7.01. The zero-order valence-electron chi connectivity index (χ0n) is 15.8. The molecule has 2 aromatic carbocycles. The van der Waals surface area contributed by atoms with Gasteiger partial charge in [-0.2, -0.15) is 0 Å². The molecule has 3 heterocycles. The van der Waals surface area contributed by atoms with E-state index in [1.807, 2.05) is 48.6 Å². The fraction of sp³-hybridized carbons (Fsp3) is 0.167. The van der Waals surface area contributed by atoms with E-state index in [1.165, 1.54) is 11.1 Å². The van der Waals surface area contributed by atoms with Crippen molar-refractivity contribution in [2.24, 2.45) is 7.05 Å². The minimum absolute atomic E-state index is 0.159. The van der Waals surface area contributed by atoms with Gasteiger partial charge in [0, 0.05) is 48.8 Å². The van der Waals surface area contributed by atoms with Gasteiger partial charge in [0.25, 0.3) is 0 Å². The molecule has 0 aliphatic carbocycles. The maximum Gasteiger partial charge on any atom is 0.231 e. The van der Waals surface area contributed by atoms with E-state index in [2.05, 4.69) is 46.1 Å². The van der Waals surface area contributed by atoms with Crippen molar-refractivity contribution in [3.8, 4) is 11.1 Å². The molecular formula is C24H21N3O. The van der Waals surface area contributed by atoms with Crippen LogP contribution in [0.15, 0.2) is 73.2 Å². The molecule has 0 bridgehead atoms. The average Bonchev–Trinajstić information content (AvgIpc) is 3.30. The number of benzene rings is 2. The van der Waals surface area contributed by atoms with E-state index in [1.54, 1.807) is 0 Å². The normalized spacial score (nSPS) is 13.1. The minimum atomic E-state index is 0.159. The lowest BCUT2D eigenvalue weighted by atomic mass is 10.0. The summed E-state index contributed by atoms with van der Waals surface area (Å²) in [6, 6.07) is 18.7. The monoisotopic (exact) mass is 367 g/mol. The zero-order valence-corrected chi connectivity index (χ0v) is 15.8. The highest BCUT2D eigenvalue weighted by molar-refractivity contribution is 5.99. The number of carbonyl (C=O) groups is 1. The molecule has 0 spiro atoms. The van der Waals surface area contributed by atoms with E-state index in [0.29, 0.717) is 6.42 Å². The second-order valence-corrected chi connectivity index (χ2v) is 7.33. The molecule has 0 saturated heterocycles. The Labute approximate surface area is 164 Å². The molecule has 0 atom stereocenters. The lowest BCUT2D eigenvalue weighted by molar-refractivity contribution is -0.117. The summed E-state index contributed by atoms with van der Waals surface area (Å²) >= 11 is 0. The number of amides is 1. The quantitative estimate of drug-likeness (QED) is 0.539. The van der Waals surface area contributed by atoms with Crippen LogP contribution in [-0.4, -0.2) is 22.0 Å². The molecule has 28 heavy (non-hydrogen) atoms. The summed E-state index contributed by atoms with van der Waals surface area (Å²) in [4.78, 5) is 19.1. The van der Waals surface area contributed by atoms with Crippen molar-refractivity contribution in [1.82, 2.24) is 9.55 Å². The van der Waals surface area contributed by atoms with Gasteiger partial charge in [0.15, 0.2) is 0 Å². The summed E-state index contributed by atoms with van der Waals surface area (Å²) in [6.45, 7) is 0.749. The van der Waals surface area contributed by atoms with Crippen LogP contribution >= 0.6 is 0 Å². The number of anilines is 1. The number of aryl methyl sites for hydroxylation is 1. The van der Waals surface area contributed by atoms with Crippen LogP contribution in [0, 0.1) is 0 Å². The maximum atomic E-state index is 13.1. The molecule has 1 aliphatic rings. The van der Waals surface area contributed by atoms with Crippen molar-refractivity contribution >= 4 is 22.5 Å². The van der Waals surface area contributed by atoms with Gasteiger partial charge in [-0.25, -0.2) is 0 Å². The van der Waals surface area contributed by atoms with Crippen LogP contribution in [0.25, 0.3) is 22.0 Å². The lowest BCUT2D eigenvalue weighted by Crippen LogP contribution is -2.30. The third-order valence-electron chi connectivity index (χ3n) is 5.61. The largest absolute Gasteiger partial charge is 0.350 e. The number of nitrogens with zero attached hydrogens (tertiary/aromatic N) is 3. The van der Waals surface area contributed by atoms with Crippen LogP contribution in [0.5, 0.6) is 0 Å². The Kier molecular flexibility index (Phi) is 3.97. The number of hydrogen-bond donors (Lipinski definition) is 0. The van der Waals surface area contributed by atoms with E-state index in [0.717, 1.165) is 40.7 Å². The third-order valence-corrected chi connectivity index (χ3v) is 5.61. The molecule has 1 amide bonds. The standard InChI is InChI=1S/C24H21N3O/c1-26-16-20(21-4-2-3-5-23(21)26)15-24(28)27-13-10-19-14-18(6-7-22(19)27)17-8-11-25-12-9-17/h2-9,11-12,14,16H,10,13,15H2,1H3. The highest BCUT2D eigenvalue weighted by atomic mass is 16.2. The summed E-state index contributed by atoms with van der Waals surface area (Å²) < 4.78 is 2.09. The summed E-state index contributed by atoms with van der Waals surface area (Å²) in [5.41, 5.74) is 6.85. The number of rotatable bonds is 3. The number of aromatic nitrogens is 2. The Bertz CT molecular complexity index is 1180. The van der Waals surface area contributed by atoms with E-state index >= 15 is 0 Å². The molecule has 4 heteroatoms.